The average Bonchev–Trinajstić information content (AvgIpc) is 3.24. The molecule has 5 nitrogen and oxygen atoms in total. The number of pyridine rings is 2. The van der Waals surface area contributed by atoms with E-state index in [9.17, 15) is 4.79 Å². The first kappa shape index (κ1) is 17.0. The third kappa shape index (κ3) is 4.03. The lowest BCUT2D eigenvalue weighted by Gasteiger charge is -2.22. The van der Waals surface area contributed by atoms with Crippen molar-refractivity contribution in [2.24, 2.45) is 0 Å². The smallest absolute Gasteiger partial charge is 0.272 e. The Labute approximate surface area is 157 Å². The Balaban J connectivity index is 1.58. The fraction of sp³-hybridized carbons (Fsp3) is 0.136. The van der Waals surface area contributed by atoms with Crippen LogP contribution in [0, 0.1) is 0 Å². The quantitative estimate of drug-likeness (QED) is 0.521. The van der Waals surface area contributed by atoms with E-state index >= 15 is 0 Å². The van der Waals surface area contributed by atoms with Crippen molar-refractivity contribution in [3.63, 3.8) is 0 Å². The standard InChI is InChI=1S/C22H19N3O2/c26-22(21-7-6-19-14-23-11-8-20(19)24-21)25(15-18-10-13-27-16-18)12-9-17-4-2-1-3-5-17/h1-8,10-11,13-14,16H,9,12,15H2. The van der Waals surface area contributed by atoms with Gasteiger partial charge in [-0.3, -0.25) is 9.78 Å². The number of hydrogen-bond acceptors (Lipinski definition) is 4. The molecule has 0 aliphatic carbocycles. The van der Waals surface area contributed by atoms with Gasteiger partial charge in [-0.05, 0) is 36.2 Å². The predicted molar refractivity (Wildman–Crippen MR) is 103 cm³/mol. The fourth-order valence-corrected chi connectivity index (χ4v) is 3.01. The average molecular weight is 357 g/mol. The number of furan rings is 1. The van der Waals surface area contributed by atoms with Gasteiger partial charge in [-0.25, -0.2) is 4.98 Å². The number of fused-ring (bicyclic) bond motifs is 1. The summed E-state index contributed by atoms with van der Waals surface area (Å²) in [5, 5.41) is 0.916. The second-order valence-electron chi connectivity index (χ2n) is 6.36. The lowest BCUT2D eigenvalue weighted by atomic mass is 10.1. The van der Waals surface area contributed by atoms with Crippen LogP contribution in [0.3, 0.4) is 0 Å². The minimum Gasteiger partial charge on any atom is -0.472 e. The van der Waals surface area contributed by atoms with Gasteiger partial charge in [-0.1, -0.05) is 30.3 Å². The molecular formula is C22H19N3O2. The molecule has 1 aromatic carbocycles. The van der Waals surface area contributed by atoms with Gasteiger partial charge in [0, 0.05) is 36.4 Å². The molecule has 0 saturated carbocycles. The molecule has 0 fully saturated rings. The maximum absolute atomic E-state index is 13.2. The van der Waals surface area contributed by atoms with Crippen LogP contribution in [-0.2, 0) is 13.0 Å². The van der Waals surface area contributed by atoms with Crippen LogP contribution in [0.25, 0.3) is 10.9 Å². The second kappa shape index (κ2) is 7.83. The maximum atomic E-state index is 13.2. The van der Waals surface area contributed by atoms with E-state index in [1.54, 1.807) is 31.0 Å². The number of nitrogens with zero attached hydrogens (tertiary/aromatic N) is 3. The molecule has 0 aliphatic rings. The van der Waals surface area contributed by atoms with E-state index in [1.165, 1.54) is 5.56 Å². The van der Waals surface area contributed by atoms with Gasteiger partial charge in [0.1, 0.15) is 5.69 Å². The number of aromatic nitrogens is 2. The summed E-state index contributed by atoms with van der Waals surface area (Å²) in [7, 11) is 0. The molecule has 0 saturated heterocycles. The number of hydrogen-bond donors (Lipinski definition) is 0. The Morgan fingerprint density at radius 1 is 1.00 bits per heavy atom. The number of benzene rings is 1. The lowest BCUT2D eigenvalue weighted by molar-refractivity contribution is 0.0739. The van der Waals surface area contributed by atoms with Crippen molar-refractivity contribution in [2.45, 2.75) is 13.0 Å². The third-order valence-corrected chi connectivity index (χ3v) is 4.46. The highest BCUT2D eigenvalue weighted by molar-refractivity contribution is 5.94. The van der Waals surface area contributed by atoms with Crippen LogP contribution in [0.2, 0.25) is 0 Å². The van der Waals surface area contributed by atoms with Crippen LogP contribution < -0.4 is 0 Å². The molecule has 4 rings (SSSR count). The summed E-state index contributed by atoms with van der Waals surface area (Å²) < 4.78 is 5.16. The van der Waals surface area contributed by atoms with Crippen LogP contribution in [0.15, 0.2) is 83.9 Å². The van der Waals surface area contributed by atoms with E-state index in [2.05, 4.69) is 22.1 Å². The molecule has 5 heteroatoms. The van der Waals surface area contributed by atoms with Crippen molar-refractivity contribution < 1.29 is 9.21 Å². The third-order valence-electron chi connectivity index (χ3n) is 4.46. The topological polar surface area (TPSA) is 59.2 Å². The molecule has 0 unspecified atom stereocenters. The summed E-state index contributed by atoms with van der Waals surface area (Å²) in [5.74, 6) is -0.0918. The van der Waals surface area contributed by atoms with Gasteiger partial charge in [-0.15, -0.1) is 0 Å². The molecule has 3 heterocycles. The van der Waals surface area contributed by atoms with Gasteiger partial charge < -0.3 is 9.32 Å². The summed E-state index contributed by atoms with van der Waals surface area (Å²) in [4.78, 5) is 23.6. The monoisotopic (exact) mass is 357 g/mol. The van der Waals surface area contributed by atoms with Crippen LogP contribution in [-0.4, -0.2) is 27.3 Å². The van der Waals surface area contributed by atoms with Crippen molar-refractivity contribution in [1.82, 2.24) is 14.9 Å². The summed E-state index contributed by atoms with van der Waals surface area (Å²) in [6, 6.07) is 17.5. The van der Waals surface area contributed by atoms with E-state index in [4.69, 9.17) is 4.42 Å². The minimum absolute atomic E-state index is 0.0918. The van der Waals surface area contributed by atoms with Crippen molar-refractivity contribution in [1.29, 1.82) is 0 Å². The molecule has 0 bridgehead atoms. The first-order chi connectivity index (χ1) is 13.3. The summed E-state index contributed by atoms with van der Waals surface area (Å²) >= 11 is 0. The van der Waals surface area contributed by atoms with Gasteiger partial charge in [0.15, 0.2) is 0 Å². The SMILES string of the molecule is O=C(c1ccc2cnccc2n1)N(CCc1ccccc1)Cc1ccoc1. The van der Waals surface area contributed by atoms with Crippen LogP contribution in [0.5, 0.6) is 0 Å². The minimum atomic E-state index is -0.0918. The molecule has 0 N–H and O–H groups in total. The highest BCUT2D eigenvalue weighted by Crippen LogP contribution is 2.15. The zero-order chi connectivity index (χ0) is 18.5. The summed E-state index contributed by atoms with van der Waals surface area (Å²) in [5.41, 5.74) is 3.36. The zero-order valence-corrected chi connectivity index (χ0v) is 14.8. The summed E-state index contributed by atoms with van der Waals surface area (Å²) in [6.45, 7) is 1.09. The molecule has 3 aromatic heterocycles. The number of carbonyl (C=O) groups is 1. The van der Waals surface area contributed by atoms with Gasteiger partial charge in [0.25, 0.3) is 5.91 Å². The van der Waals surface area contributed by atoms with Gasteiger partial charge in [0.05, 0.1) is 18.0 Å². The molecule has 1 amide bonds. The largest absolute Gasteiger partial charge is 0.472 e. The van der Waals surface area contributed by atoms with Crippen LogP contribution in [0.1, 0.15) is 21.6 Å². The van der Waals surface area contributed by atoms with Crippen molar-refractivity contribution >= 4 is 16.8 Å². The van der Waals surface area contributed by atoms with E-state index in [1.807, 2.05) is 41.3 Å². The molecule has 134 valence electrons. The number of amides is 1. The number of rotatable bonds is 6. The second-order valence-corrected chi connectivity index (χ2v) is 6.36. The number of carbonyl (C=O) groups excluding carboxylic acids is 1. The zero-order valence-electron chi connectivity index (χ0n) is 14.8. The van der Waals surface area contributed by atoms with Crippen molar-refractivity contribution in [3.8, 4) is 0 Å². The molecule has 0 spiro atoms. The van der Waals surface area contributed by atoms with Gasteiger partial charge in [-0.2, -0.15) is 0 Å². The Hall–Kier alpha value is -3.47. The van der Waals surface area contributed by atoms with Crippen molar-refractivity contribution in [2.75, 3.05) is 6.54 Å². The Bertz CT molecular complexity index is 1030. The molecular weight excluding hydrogens is 338 g/mol. The van der Waals surface area contributed by atoms with Gasteiger partial charge in [0.2, 0.25) is 0 Å². The van der Waals surface area contributed by atoms with E-state index in [0.717, 1.165) is 22.9 Å². The Kier molecular flexibility index (Phi) is 4.92. The van der Waals surface area contributed by atoms with Crippen LogP contribution in [0.4, 0.5) is 0 Å². The highest BCUT2D eigenvalue weighted by atomic mass is 16.3. The van der Waals surface area contributed by atoms with Gasteiger partial charge >= 0.3 is 0 Å². The normalized spacial score (nSPS) is 10.8. The highest BCUT2D eigenvalue weighted by Gasteiger charge is 2.18. The van der Waals surface area contributed by atoms with E-state index in [0.29, 0.717) is 18.8 Å². The molecule has 0 atom stereocenters. The van der Waals surface area contributed by atoms with Crippen LogP contribution >= 0.6 is 0 Å². The predicted octanol–water partition coefficient (Wildman–Crippen LogP) is 4.11. The van der Waals surface area contributed by atoms with E-state index in [-0.39, 0.29) is 5.91 Å². The molecule has 4 aromatic rings. The first-order valence-corrected chi connectivity index (χ1v) is 8.85. The molecule has 27 heavy (non-hydrogen) atoms. The molecule has 0 aliphatic heterocycles. The maximum Gasteiger partial charge on any atom is 0.272 e. The Morgan fingerprint density at radius 3 is 2.70 bits per heavy atom. The van der Waals surface area contributed by atoms with E-state index < -0.39 is 0 Å². The summed E-state index contributed by atoms with van der Waals surface area (Å²) in [6.07, 6.45) is 7.50. The molecule has 0 radical (unpaired) electrons. The lowest BCUT2D eigenvalue weighted by Crippen LogP contribution is -2.33. The Morgan fingerprint density at radius 2 is 1.89 bits per heavy atom. The van der Waals surface area contributed by atoms with Crippen molar-refractivity contribution in [3.05, 3.63) is 96.3 Å². The first-order valence-electron chi connectivity index (χ1n) is 8.85. The fourth-order valence-electron chi connectivity index (χ4n) is 3.01.